The number of nitrogens with zero attached hydrogens (tertiary/aromatic N) is 4. The van der Waals surface area contributed by atoms with Crippen LogP contribution in [0.4, 0.5) is 5.95 Å². The van der Waals surface area contributed by atoms with Crippen molar-refractivity contribution in [1.29, 1.82) is 0 Å². The van der Waals surface area contributed by atoms with E-state index in [1.54, 1.807) is 0 Å². The number of aromatic nitrogens is 3. The summed E-state index contributed by atoms with van der Waals surface area (Å²) in [5.74, 6) is 1.68. The zero-order valence-corrected chi connectivity index (χ0v) is 10.8. The molecule has 2 heterocycles. The van der Waals surface area contributed by atoms with Gasteiger partial charge in [-0.15, -0.1) is 0 Å². The molecule has 0 bridgehead atoms. The summed E-state index contributed by atoms with van der Waals surface area (Å²) in [4.78, 5) is 14.3. The van der Waals surface area contributed by atoms with E-state index in [1.165, 1.54) is 7.11 Å². The van der Waals surface area contributed by atoms with Crippen LogP contribution in [0.5, 0.6) is 6.01 Å². The summed E-state index contributed by atoms with van der Waals surface area (Å²) >= 11 is 7.76. The van der Waals surface area contributed by atoms with E-state index >= 15 is 0 Å². The standard InChI is InChI=1S/C9H13ClN4OS/c1-6-5-14(3-4-16-6)8-11-7(10)12-9(13-8)15-2/h6H,3-5H2,1-2H3. The Hall–Kier alpha value is -0.750. The first-order valence-corrected chi connectivity index (χ1v) is 6.44. The number of anilines is 1. The quantitative estimate of drug-likeness (QED) is 0.803. The molecule has 0 aromatic carbocycles. The lowest BCUT2D eigenvalue weighted by Gasteiger charge is -2.30. The molecule has 0 N–H and O–H groups in total. The molecule has 1 aromatic heterocycles. The van der Waals surface area contributed by atoms with Gasteiger partial charge in [0.1, 0.15) is 0 Å². The van der Waals surface area contributed by atoms with Crippen molar-refractivity contribution in [3.63, 3.8) is 0 Å². The highest BCUT2D eigenvalue weighted by Gasteiger charge is 2.20. The van der Waals surface area contributed by atoms with Gasteiger partial charge in [0.2, 0.25) is 11.2 Å². The van der Waals surface area contributed by atoms with Crippen molar-refractivity contribution in [2.45, 2.75) is 12.2 Å². The fourth-order valence-corrected chi connectivity index (χ4v) is 2.72. The number of rotatable bonds is 2. The third-order valence-electron chi connectivity index (χ3n) is 2.28. The van der Waals surface area contributed by atoms with Crippen molar-refractivity contribution in [1.82, 2.24) is 15.0 Å². The smallest absolute Gasteiger partial charge is 0.322 e. The molecule has 1 unspecified atom stereocenters. The maximum absolute atomic E-state index is 5.81. The minimum absolute atomic E-state index is 0.174. The second-order valence-electron chi connectivity index (χ2n) is 3.52. The van der Waals surface area contributed by atoms with Crippen LogP contribution in [0.2, 0.25) is 5.28 Å². The Morgan fingerprint density at radius 1 is 1.44 bits per heavy atom. The second-order valence-corrected chi connectivity index (χ2v) is 5.40. The molecule has 2 rings (SSSR count). The molecule has 16 heavy (non-hydrogen) atoms. The van der Waals surface area contributed by atoms with Crippen LogP contribution in [-0.2, 0) is 0 Å². The van der Waals surface area contributed by atoms with Gasteiger partial charge in [-0.25, -0.2) is 0 Å². The van der Waals surface area contributed by atoms with E-state index in [0.29, 0.717) is 11.2 Å². The Morgan fingerprint density at radius 2 is 2.25 bits per heavy atom. The van der Waals surface area contributed by atoms with E-state index in [9.17, 15) is 0 Å². The minimum Gasteiger partial charge on any atom is -0.467 e. The fourth-order valence-electron chi connectivity index (χ4n) is 1.55. The third-order valence-corrected chi connectivity index (χ3v) is 3.59. The molecular formula is C9H13ClN4OS. The molecule has 0 spiro atoms. The fraction of sp³-hybridized carbons (Fsp3) is 0.667. The van der Waals surface area contributed by atoms with Crippen molar-refractivity contribution in [2.24, 2.45) is 0 Å². The SMILES string of the molecule is COc1nc(Cl)nc(N2CCSC(C)C2)n1. The number of hydrogen-bond donors (Lipinski definition) is 0. The molecule has 1 fully saturated rings. The van der Waals surface area contributed by atoms with Gasteiger partial charge in [-0.3, -0.25) is 0 Å². The van der Waals surface area contributed by atoms with Crippen LogP contribution in [0.1, 0.15) is 6.92 Å². The Kier molecular flexibility index (Phi) is 3.70. The van der Waals surface area contributed by atoms with Crippen LogP contribution in [0, 0.1) is 0 Å². The average Bonchev–Trinajstić information content (AvgIpc) is 2.28. The van der Waals surface area contributed by atoms with Gasteiger partial charge < -0.3 is 9.64 Å². The summed E-state index contributed by atoms with van der Waals surface area (Å²) in [6.07, 6.45) is 0. The number of halogens is 1. The monoisotopic (exact) mass is 260 g/mol. The topological polar surface area (TPSA) is 51.1 Å². The Morgan fingerprint density at radius 3 is 2.94 bits per heavy atom. The van der Waals surface area contributed by atoms with Crippen molar-refractivity contribution < 1.29 is 4.74 Å². The predicted molar refractivity (Wildman–Crippen MR) is 65.5 cm³/mol. The van der Waals surface area contributed by atoms with Gasteiger partial charge in [-0.05, 0) is 11.6 Å². The number of methoxy groups -OCH3 is 1. The Bertz CT molecular complexity index is 379. The van der Waals surface area contributed by atoms with E-state index in [2.05, 4.69) is 26.8 Å². The van der Waals surface area contributed by atoms with Gasteiger partial charge in [-0.1, -0.05) is 6.92 Å². The average molecular weight is 261 g/mol. The molecular weight excluding hydrogens is 248 g/mol. The molecule has 1 aliphatic heterocycles. The van der Waals surface area contributed by atoms with E-state index in [-0.39, 0.29) is 11.3 Å². The molecule has 7 heteroatoms. The summed E-state index contributed by atoms with van der Waals surface area (Å²) in [5, 5.41) is 0.753. The van der Waals surface area contributed by atoms with E-state index in [1.807, 2.05) is 11.8 Å². The lowest BCUT2D eigenvalue weighted by Crippen LogP contribution is -2.37. The van der Waals surface area contributed by atoms with Crippen LogP contribution in [-0.4, -0.2) is 46.2 Å². The van der Waals surface area contributed by atoms with Gasteiger partial charge in [0.15, 0.2) is 0 Å². The second kappa shape index (κ2) is 5.05. The van der Waals surface area contributed by atoms with E-state index in [4.69, 9.17) is 16.3 Å². The summed E-state index contributed by atoms with van der Waals surface area (Å²) in [7, 11) is 1.52. The first kappa shape index (κ1) is 11.7. The van der Waals surface area contributed by atoms with Crippen LogP contribution in [0.15, 0.2) is 0 Å². The Balaban J connectivity index is 2.21. The van der Waals surface area contributed by atoms with Crippen molar-refractivity contribution in [2.75, 3.05) is 30.9 Å². The first-order valence-electron chi connectivity index (χ1n) is 5.01. The van der Waals surface area contributed by atoms with Gasteiger partial charge in [-0.2, -0.15) is 26.7 Å². The van der Waals surface area contributed by atoms with Gasteiger partial charge >= 0.3 is 6.01 Å². The molecule has 88 valence electrons. The molecule has 0 saturated carbocycles. The van der Waals surface area contributed by atoms with Gasteiger partial charge in [0.25, 0.3) is 0 Å². The van der Waals surface area contributed by atoms with Crippen LogP contribution >= 0.6 is 23.4 Å². The molecule has 1 aliphatic rings. The van der Waals surface area contributed by atoms with Crippen molar-refractivity contribution in [3.05, 3.63) is 5.28 Å². The Labute approximate surface area is 104 Å². The van der Waals surface area contributed by atoms with E-state index in [0.717, 1.165) is 18.8 Å². The molecule has 1 aromatic rings. The van der Waals surface area contributed by atoms with Crippen LogP contribution < -0.4 is 9.64 Å². The van der Waals surface area contributed by atoms with E-state index < -0.39 is 0 Å². The lowest BCUT2D eigenvalue weighted by atomic mass is 10.4. The predicted octanol–water partition coefficient (Wildman–Crippen LogP) is 1.48. The van der Waals surface area contributed by atoms with Crippen molar-refractivity contribution in [3.8, 4) is 6.01 Å². The molecule has 0 aliphatic carbocycles. The van der Waals surface area contributed by atoms with Crippen LogP contribution in [0.25, 0.3) is 0 Å². The lowest BCUT2D eigenvalue weighted by molar-refractivity contribution is 0.378. The molecule has 0 radical (unpaired) electrons. The molecule has 0 amide bonds. The maximum Gasteiger partial charge on any atom is 0.322 e. The normalized spacial score (nSPS) is 20.9. The highest BCUT2D eigenvalue weighted by atomic mass is 35.5. The largest absolute Gasteiger partial charge is 0.467 e. The maximum atomic E-state index is 5.81. The zero-order chi connectivity index (χ0) is 11.5. The molecule has 1 saturated heterocycles. The molecule has 5 nitrogen and oxygen atoms in total. The summed E-state index contributed by atoms with van der Waals surface area (Å²) < 4.78 is 4.97. The minimum atomic E-state index is 0.174. The summed E-state index contributed by atoms with van der Waals surface area (Å²) in [5.41, 5.74) is 0. The van der Waals surface area contributed by atoms with Crippen molar-refractivity contribution >= 4 is 29.3 Å². The van der Waals surface area contributed by atoms with Gasteiger partial charge in [0.05, 0.1) is 7.11 Å². The van der Waals surface area contributed by atoms with Crippen LogP contribution in [0.3, 0.4) is 0 Å². The highest BCUT2D eigenvalue weighted by molar-refractivity contribution is 8.00. The zero-order valence-electron chi connectivity index (χ0n) is 9.18. The summed E-state index contributed by atoms with van der Waals surface area (Å²) in [6, 6.07) is 0.265. The number of ether oxygens (including phenoxy) is 1. The highest BCUT2D eigenvalue weighted by Crippen LogP contribution is 2.22. The number of hydrogen-bond acceptors (Lipinski definition) is 6. The third kappa shape index (κ3) is 2.68. The molecule has 1 atom stereocenters. The summed E-state index contributed by atoms with van der Waals surface area (Å²) in [6.45, 7) is 4.05. The first-order chi connectivity index (χ1) is 7.69. The number of thioether (sulfide) groups is 1. The van der Waals surface area contributed by atoms with Gasteiger partial charge in [0, 0.05) is 24.1 Å².